The second-order valence-electron chi connectivity index (χ2n) is 6.87. The maximum absolute atomic E-state index is 4.32. The zero-order valence-electron chi connectivity index (χ0n) is 17.5. The number of aromatic nitrogens is 2. The summed E-state index contributed by atoms with van der Waals surface area (Å²) < 4.78 is 3.88. The molecule has 28 heavy (non-hydrogen) atoms. The molecule has 0 spiro atoms. The molecule has 2 N–H and O–H groups in total. The fourth-order valence-corrected chi connectivity index (χ4v) is 2.89. The first kappa shape index (κ1) is 27.2. The third-order valence-corrected chi connectivity index (χ3v) is 4.68. The highest BCUT2D eigenvalue weighted by molar-refractivity contribution is 14.0. The Labute approximate surface area is 203 Å². The minimum absolute atomic E-state index is 0. The van der Waals surface area contributed by atoms with Crippen molar-refractivity contribution in [2.45, 2.75) is 52.1 Å². The zero-order valence-corrected chi connectivity index (χ0v) is 22.0. The van der Waals surface area contributed by atoms with E-state index in [1.165, 1.54) is 12.8 Å². The average molecular weight is 612 g/mol. The highest BCUT2D eigenvalue weighted by atomic mass is 127. The summed E-state index contributed by atoms with van der Waals surface area (Å²) in [6, 6.07) is 9.16. The number of nitrogens with zero attached hydrogens (tertiary/aromatic N) is 4. The first-order valence-electron chi connectivity index (χ1n) is 9.56. The number of halogens is 2. The maximum atomic E-state index is 4.32. The summed E-state index contributed by atoms with van der Waals surface area (Å²) in [6.45, 7) is 7.73. The van der Waals surface area contributed by atoms with E-state index in [1.54, 1.807) is 0 Å². The number of azo groups is 1. The van der Waals surface area contributed by atoms with Crippen LogP contribution in [0.5, 0.6) is 0 Å². The molecule has 0 aliphatic heterocycles. The summed E-state index contributed by atoms with van der Waals surface area (Å²) in [4.78, 5) is 0. The first-order valence-corrected chi connectivity index (χ1v) is 9.56. The minimum Gasteiger partial charge on any atom is -1.00 e. The van der Waals surface area contributed by atoms with Gasteiger partial charge in [0.15, 0.2) is 0 Å². The molecule has 0 aliphatic carbocycles. The molecule has 1 aromatic heterocycles. The molecule has 2 aromatic rings. The van der Waals surface area contributed by atoms with Crippen LogP contribution in [-0.4, -0.2) is 23.2 Å². The third kappa shape index (κ3) is 8.73. The van der Waals surface area contributed by atoms with Gasteiger partial charge in [-0.2, -0.15) is 0 Å². The Morgan fingerprint density at radius 2 is 1.75 bits per heavy atom. The molecule has 1 atom stereocenters. The lowest BCUT2D eigenvalue weighted by molar-refractivity contribution is -0.657. The van der Waals surface area contributed by atoms with Gasteiger partial charge in [-0.15, -0.1) is 24.0 Å². The molecule has 0 amide bonds. The van der Waals surface area contributed by atoms with Gasteiger partial charge in [0, 0.05) is 22.9 Å². The van der Waals surface area contributed by atoms with Crippen molar-refractivity contribution in [1.82, 2.24) is 9.88 Å². The van der Waals surface area contributed by atoms with Crippen LogP contribution in [0.1, 0.15) is 40.0 Å². The Kier molecular flexibility index (Phi) is 13.9. The smallest absolute Gasteiger partial charge is 0.421 e. The van der Waals surface area contributed by atoms with Crippen LogP contribution in [-0.2, 0) is 14.1 Å². The molecule has 2 rings (SSSR count). The number of hydrogen-bond donors (Lipinski definition) is 2. The zero-order chi connectivity index (χ0) is 18.9. The molecular weight excluding hydrogens is 578 g/mol. The fraction of sp³-hybridized carbons (Fsp3) is 0.550. The van der Waals surface area contributed by atoms with Crippen LogP contribution >= 0.6 is 24.0 Å². The van der Waals surface area contributed by atoms with Crippen molar-refractivity contribution in [2.24, 2.45) is 24.3 Å². The largest absolute Gasteiger partial charge is 1.00 e. The summed E-state index contributed by atoms with van der Waals surface area (Å²) in [5.41, 5.74) is 1.96. The monoisotopic (exact) mass is 612 g/mol. The molecule has 8 heteroatoms. The molecular formula is C20H34I2N6. The van der Waals surface area contributed by atoms with Gasteiger partial charge in [-0.25, -0.2) is 9.13 Å². The Morgan fingerprint density at radius 1 is 1.11 bits per heavy atom. The number of anilines is 1. The van der Waals surface area contributed by atoms with E-state index in [9.17, 15) is 0 Å². The second-order valence-corrected chi connectivity index (χ2v) is 6.87. The van der Waals surface area contributed by atoms with Gasteiger partial charge in [-0.05, 0) is 57.0 Å². The molecule has 1 heterocycles. The van der Waals surface area contributed by atoms with Gasteiger partial charge in [-0.1, -0.05) is 19.0 Å². The second kappa shape index (κ2) is 14.3. The Morgan fingerprint density at radius 3 is 2.29 bits per heavy atom. The summed E-state index contributed by atoms with van der Waals surface area (Å²) in [5, 5.41) is 15.8. The fourth-order valence-electron chi connectivity index (χ4n) is 2.89. The van der Waals surface area contributed by atoms with E-state index in [2.05, 4.69) is 53.8 Å². The van der Waals surface area contributed by atoms with Gasteiger partial charge in [0.1, 0.15) is 5.69 Å². The molecule has 0 fully saturated rings. The van der Waals surface area contributed by atoms with Crippen molar-refractivity contribution < 1.29 is 28.5 Å². The molecule has 6 nitrogen and oxygen atoms in total. The predicted molar refractivity (Wildman–Crippen MR) is 123 cm³/mol. The number of hydrogen-bond acceptors (Lipinski definition) is 4. The van der Waals surface area contributed by atoms with Gasteiger partial charge < -0.3 is 34.6 Å². The van der Waals surface area contributed by atoms with Crippen molar-refractivity contribution in [2.75, 3.05) is 11.9 Å². The van der Waals surface area contributed by atoms with Crippen molar-refractivity contribution >= 4 is 41.3 Å². The quantitative estimate of drug-likeness (QED) is 0.245. The topological polar surface area (TPSA) is 57.6 Å². The molecule has 0 saturated heterocycles. The molecule has 158 valence electrons. The number of imidazole rings is 1. The minimum atomic E-state index is 0. The molecule has 0 bridgehead atoms. The summed E-state index contributed by atoms with van der Waals surface area (Å²) in [6.07, 6.45) is 7.40. The van der Waals surface area contributed by atoms with Crippen molar-refractivity contribution in [3.63, 3.8) is 0 Å². The molecule has 0 aliphatic rings. The Balaban J connectivity index is 0.00000364. The lowest BCUT2D eigenvalue weighted by atomic mass is 10.1. The van der Waals surface area contributed by atoms with Crippen LogP contribution in [0.15, 0.2) is 46.9 Å². The standard InChI is InChI=1S/C20H32N6.2HI/c1-6-17(7-2)21-13-12-16(3)22-18-8-10-19(11-9-18)23-24-20-25(4)14-15-26(20)5;;/h8-11,14-17,21H,6-7,12-13H2,1-5H3;2*1H. The van der Waals surface area contributed by atoms with Crippen LogP contribution in [0.2, 0.25) is 0 Å². The van der Waals surface area contributed by atoms with Crippen LogP contribution < -0.4 is 39.2 Å². The Hall–Kier alpha value is -0.750. The van der Waals surface area contributed by atoms with E-state index in [0.29, 0.717) is 12.1 Å². The number of rotatable bonds is 10. The van der Waals surface area contributed by atoms with Crippen molar-refractivity contribution in [1.29, 1.82) is 0 Å². The van der Waals surface area contributed by atoms with Gasteiger partial charge in [0.25, 0.3) is 0 Å². The van der Waals surface area contributed by atoms with E-state index in [0.717, 1.165) is 30.3 Å². The van der Waals surface area contributed by atoms with Gasteiger partial charge in [0.2, 0.25) is 0 Å². The molecule has 0 radical (unpaired) electrons. The number of nitrogens with one attached hydrogen (secondary N) is 2. The first-order chi connectivity index (χ1) is 12.5. The van der Waals surface area contributed by atoms with Crippen molar-refractivity contribution in [3.8, 4) is 0 Å². The lowest BCUT2D eigenvalue weighted by Gasteiger charge is -2.18. The molecule has 1 aromatic carbocycles. The predicted octanol–water partition coefficient (Wildman–Crippen LogP) is 1.86. The highest BCUT2D eigenvalue weighted by Crippen LogP contribution is 2.19. The van der Waals surface area contributed by atoms with E-state index >= 15 is 0 Å². The summed E-state index contributed by atoms with van der Waals surface area (Å²) >= 11 is 0. The molecule has 0 saturated carbocycles. The number of aryl methyl sites for hydroxylation is 2. The third-order valence-electron chi connectivity index (χ3n) is 4.68. The number of benzene rings is 1. The van der Waals surface area contributed by atoms with Crippen LogP contribution in [0, 0.1) is 0 Å². The van der Waals surface area contributed by atoms with E-state index in [1.807, 2.05) is 47.8 Å². The van der Waals surface area contributed by atoms with Crippen LogP contribution in [0.25, 0.3) is 0 Å². The van der Waals surface area contributed by atoms with E-state index in [4.69, 9.17) is 0 Å². The SMILES string of the molecule is CCC(CC)NCCC(C)Nc1ccc(N=Nc2n(C)cc[n+]2C)cc1.I.[I-]. The average Bonchev–Trinajstić information content (AvgIpc) is 2.96. The summed E-state index contributed by atoms with van der Waals surface area (Å²) in [5.74, 6) is 0.811. The maximum Gasteiger partial charge on any atom is 0.421 e. The van der Waals surface area contributed by atoms with Crippen molar-refractivity contribution in [3.05, 3.63) is 36.7 Å². The molecule has 1 unspecified atom stereocenters. The summed E-state index contributed by atoms with van der Waals surface area (Å²) in [7, 11) is 3.92. The van der Waals surface area contributed by atoms with Gasteiger partial charge in [-0.3, -0.25) is 0 Å². The van der Waals surface area contributed by atoms with Gasteiger partial charge in [0.05, 0.1) is 26.5 Å². The lowest BCUT2D eigenvalue weighted by Crippen LogP contribution is -3.00. The van der Waals surface area contributed by atoms with Crippen LogP contribution in [0.4, 0.5) is 17.3 Å². The van der Waals surface area contributed by atoms with E-state index < -0.39 is 0 Å². The normalized spacial score (nSPS) is 11.9. The van der Waals surface area contributed by atoms with Crippen LogP contribution in [0.3, 0.4) is 0 Å². The van der Waals surface area contributed by atoms with Gasteiger partial charge >= 0.3 is 5.95 Å². The van der Waals surface area contributed by atoms with E-state index in [-0.39, 0.29) is 48.0 Å². The Bertz CT molecular complexity index is 676. The highest BCUT2D eigenvalue weighted by Gasteiger charge is 2.10.